The summed E-state index contributed by atoms with van der Waals surface area (Å²) in [6.45, 7) is 0. The SMILES string of the molecule is O=C(Nc1ccc(-c2nn3cnnc3s2)cc1)c1ccc([N+](=O)[O-])cc1. The average Bonchev–Trinajstić information content (AvgIpc) is 3.24. The lowest BCUT2D eigenvalue weighted by atomic mass is 10.1. The second-order valence-electron chi connectivity index (χ2n) is 5.30. The minimum atomic E-state index is -0.508. The van der Waals surface area contributed by atoms with E-state index >= 15 is 0 Å². The van der Waals surface area contributed by atoms with Crippen LogP contribution >= 0.6 is 11.3 Å². The zero-order valence-corrected chi connectivity index (χ0v) is 13.9. The normalized spacial score (nSPS) is 10.8. The molecule has 0 bridgehead atoms. The molecule has 9 nitrogen and oxygen atoms in total. The second kappa shape index (κ2) is 6.33. The predicted octanol–water partition coefficient (Wildman–Crippen LogP) is 3.01. The lowest BCUT2D eigenvalue weighted by molar-refractivity contribution is -0.384. The van der Waals surface area contributed by atoms with E-state index in [1.165, 1.54) is 41.9 Å². The Balaban J connectivity index is 1.49. The Morgan fingerprint density at radius 2 is 1.85 bits per heavy atom. The minimum Gasteiger partial charge on any atom is -0.322 e. The number of nitrogens with one attached hydrogen (secondary N) is 1. The fourth-order valence-corrected chi connectivity index (χ4v) is 3.14. The van der Waals surface area contributed by atoms with Gasteiger partial charge in [-0.3, -0.25) is 14.9 Å². The standard InChI is InChI=1S/C16H10N6O3S/c23-14(10-3-7-13(8-4-10)22(24)25)18-12-5-1-11(2-6-12)15-20-21-9-17-19-16(21)26-15/h1-9H,(H,18,23). The van der Waals surface area contributed by atoms with Crippen LogP contribution in [0.5, 0.6) is 0 Å². The van der Waals surface area contributed by atoms with Gasteiger partial charge in [-0.25, -0.2) is 0 Å². The molecular weight excluding hydrogens is 356 g/mol. The van der Waals surface area contributed by atoms with Gasteiger partial charge >= 0.3 is 0 Å². The molecule has 0 unspecified atom stereocenters. The number of anilines is 1. The van der Waals surface area contributed by atoms with Crippen molar-refractivity contribution >= 4 is 33.6 Å². The lowest BCUT2D eigenvalue weighted by Gasteiger charge is -2.05. The van der Waals surface area contributed by atoms with Gasteiger partial charge in [0.05, 0.1) is 4.92 Å². The molecule has 0 saturated carbocycles. The van der Waals surface area contributed by atoms with Gasteiger partial charge in [0.25, 0.3) is 11.6 Å². The highest BCUT2D eigenvalue weighted by Crippen LogP contribution is 2.26. The first kappa shape index (κ1) is 15.8. The summed E-state index contributed by atoms with van der Waals surface area (Å²) in [5.41, 5.74) is 1.79. The van der Waals surface area contributed by atoms with Gasteiger partial charge in [-0.05, 0) is 36.4 Å². The highest BCUT2D eigenvalue weighted by atomic mass is 32.1. The summed E-state index contributed by atoms with van der Waals surface area (Å²) in [6.07, 6.45) is 1.54. The fraction of sp³-hybridized carbons (Fsp3) is 0. The van der Waals surface area contributed by atoms with Crippen molar-refractivity contribution in [1.29, 1.82) is 0 Å². The van der Waals surface area contributed by atoms with Crippen molar-refractivity contribution in [3.8, 4) is 10.6 Å². The maximum Gasteiger partial charge on any atom is 0.269 e. The number of non-ortho nitro benzene ring substituents is 1. The number of nitro benzene ring substituents is 1. The third-order valence-electron chi connectivity index (χ3n) is 3.62. The molecule has 0 spiro atoms. The first-order valence-electron chi connectivity index (χ1n) is 7.43. The first-order valence-corrected chi connectivity index (χ1v) is 8.25. The van der Waals surface area contributed by atoms with Crippen LogP contribution in [-0.4, -0.2) is 30.6 Å². The van der Waals surface area contributed by atoms with E-state index in [2.05, 4.69) is 20.6 Å². The van der Waals surface area contributed by atoms with Crippen molar-refractivity contribution in [1.82, 2.24) is 19.8 Å². The van der Waals surface area contributed by atoms with Crippen molar-refractivity contribution in [2.75, 3.05) is 5.32 Å². The number of nitrogens with zero attached hydrogens (tertiary/aromatic N) is 5. The number of aromatic nitrogens is 4. The molecule has 26 heavy (non-hydrogen) atoms. The van der Waals surface area contributed by atoms with Gasteiger partial charge in [0, 0.05) is 28.9 Å². The largest absolute Gasteiger partial charge is 0.322 e. The van der Waals surface area contributed by atoms with Crippen molar-refractivity contribution < 1.29 is 9.72 Å². The van der Waals surface area contributed by atoms with E-state index in [1.807, 2.05) is 12.1 Å². The smallest absolute Gasteiger partial charge is 0.269 e. The third kappa shape index (κ3) is 3.00. The summed E-state index contributed by atoms with van der Waals surface area (Å²) in [7, 11) is 0. The Hall–Kier alpha value is -3.66. The Morgan fingerprint density at radius 3 is 2.50 bits per heavy atom. The Bertz CT molecular complexity index is 1070. The number of rotatable bonds is 4. The molecule has 1 N–H and O–H groups in total. The number of benzene rings is 2. The van der Waals surface area contributed by atoms with E-state index in [0.717, 1.165) is 10.6 Å². The summed E-state index contributed by atoms with van der Waals surface area (Å²) >= 11 is 1.41. The van der Waals surface area contributed by atoms with Crippen molar-refractivity contribution in [2.45, 2.75) is 0 Å². The van der Waals surface area contributed by atoms with Crippen LogP contribution in [0.4, 0.5) is 11.4 Å². The van der Waals surface area contributed by atoms with Gasteiger partial charge in [0.15, 0.2) is 0 Å². The van der Waals surface area contributed by atoms with Crippen LogP contribution in [0, 0.1) is 10.1 Å². The van der Waals surface area contributed by atoms with E-state index in [-0.39, 0.29) is 11.6 Å². The zero-order valence-electron chi connectivity index (χ0n) is 13.1. The molecule has 0 aliphatic carbocycles. The highest BCUT2D eigenvalue weighted by Gasteiger charge is 2.11. The maximum absolute atomic E-state index is 12.2. The Kier molecular flexibility index (Phi) is 3.86. The Labute approximate surface area is 150 Å². The molecule has 128 valence electrons. The topological polar surface area (TPSA) is 115 Å². The van der Waals surface area contributed by atoms with Crippen LogP contribution in [-0.2, 0) is 0 Å². The molecule has 0 aliphatic heterocycles. The molecule has 0 radical (unpaired) electrons. The summed E-state index contributed by atoms with van der Waals surface area (Å²) in [6, 6.07) is 12.6. The molecule has 10 heteroatoms. The summed E-state index contributed by atoms with van der Waals surface area (Å²) < 4.78 is 1.60. The monoisotopic (exact) mass is 366 g/mol. The van der Waals surface area contributed by atoms with Gasteiger partial charge in [-0.2, -0.15) is 9.61 Å². The van der Waals surface area contributed by atoms with E-state index in [1.54, 1.807) is 16.6 Å². The molecule has 0 atom stereocenters. The quantitative estimate of drug-likeness (QED) is 0.438. The number of carbonyl (C=O) groups excluding carboxylic acids is 1. The summed E-state index contributed by atoms with van der Waals surface area (Å²) in [4.78, 5) is 23.1. The van der Waals surface area contributed by atoms with Crippen molar-refractivity contribution in [3.63, 3.8) is 0 Å². The van der Waals surface area contributed by atoms with Crippen LogP contribution in [0.2, 0.25) is 0 Å². The Morgan fingerprint density at radius 1 is 1.12 bits per heavy atom. The van der Waals surface area contributed by atoms with E-state index < -0.39 is 4.92 Å². The molecule has 1 amide bonds. The molecule has 0 fully saturated rings. The van der Waals surface area contributed by atoms with Crippen LogP contribution < -0.4 is 5.32 Å². The van der Waals surface area contributed by atoms with E-state index in [9.17, 15) is 14.9 Å². The molecule has 4 rings (SSSR count). The van der Waals surface area contributed by atoms with Crippen LogP contribution in [0.3, 0.4) is 0 Å². The number of hydrogen-bond donors (Lipinski definition) is 1. The van der Waals surface area contributed by atoms with Gasteiger partial charge < -0.3 is 5.32 Å². The third-order valence-corrected chi connectivity index (χ3v) is 4.58. The molecule has 4 aromatic rings. The lowest BCUT2D eigenvalue weighted by Crippen LogP contribution is -2.11. The summed E-state index contributed by atoms with van der Waals surface area (Å²) in [5.74, 6) is -0.341. The first-order chi connectivity index (χ1) is 12.6. The second-order valence-corrected chi connectivity index (χ2v) is 6.26. The number of amides is 1. The maximum atomic E-state index is 12.2. The molecule has 2 heterocycles. The summed E-state index contributed by atoms with van der Waals surface area (Å²) in [5, 5.41) is 26.3. The van der Waals surface area contributed by atoms with Gasteiger partial charge in [-0.1, -0.05) is 11.3 Å². The van der Waals surface area contributed by atoms with Crippen LogP contribution in [0.15, 0.2) is 54.9 Å². The predicted molar refractivity (Wildman–Crippen MR) is 95.1 cm³/mol. The van der Waals surface area contributed by atoms with Gasteiger partial charge in [0.2, 0.25) is 4.96 Å². The number of carbonyl (C=O) groups is 1. The van der Waals surface area contributed by atoms with Crippen molar-refractivity contribution in [2.24, 2.45) is 0 Å². The molecule has 2 aromatic carbocycles. The van der Waals surface area contributed by atoms with E-state index in [0.29, 0.717) is 16.2 Å². The minimum absolute atomic E-state index is 0.0594. The molecular formula is C16H10N6O3S. The average molecular weight is 366 g/mol. The highest BCUT2D eigenvalue weighted by molar-refractivity contribution is 7.19. The van der Waals surface area contributed by atoms with Gasteiger partial charge in [0.1, 0.15) is 11.3 Å². The van der Waals surface area contributed by atoms with Crippen LogP contribution in [0.1, 0.15) is 10.4 Å². The molecule has 0 aliphatic rings. The molecule has 0 saturated heterocycles. The molecule has 2 aromatic heterocycles. The number of hydrogen-bond acceptors (Lipinski definition) is 7. The number of fused-ring (bicyclic) bond motifs is 1. The number of nitro groups is 1. The fourth-order valence-electron chi connectivity index (χ4n) is 2.31. The van der Waals surface area contributed by atoms with Crippen molar-refractivity contribution in [3.05, 3.63) is 70.5 Å². The zero-order chi connectivity index (χ0) is 18.1. The van der Waals surface area contributed by atoms with E-state index in [4.69, 9.17) is 0 Å². The van der Waals surface area contributed by atoms with Crippen LogP contribution in [0.25, 0.3) is 15.5 Å². The van der Waals surface area contributed by atoms with Gasteiger partial charge in [-0.15, -0.1) is 10.2 Å².